The van der Waals surface area contributed by atoms with E-state index < -0.39 is 10.0 Å². The Bertz CT molecular complexity index is 684. The quantitative estimate of drug-likeness (QED) is 0.809. The molecule has 1 heterocycles. The summed E-state index contributed by atoms with van der Waals surface area (Å²) >= 11 is 7.84. The largest absolute Gasteiger partial charge is 0.279 e. The van der Waals surface area contributed by atoms with E-state index in [1.807, 2.05) is 22.6 Å². The maximum absolute atomic E-state index is 12.1. The van der Waals surface area contributed by atoms with Gasteiger partial charge in [-0.15, -0.1) is 0 Å². The minimum atomic E-state index is -3.63. The van der Waals surface area contributed by atoms with Crippen molar-refractivity contribution in [3.05, 3.63) is 39.1 Å². The van der Waals surface area contributed by atoms with Crippen LogP contribution in [0.4, 0.5) is 5.69 Å². The molecule has 0 unspecified atom stereocenters. The Morgan fingerprint density at radius 3 is 2.67 bits per heavy atom. The number of halogens is 2. The predicted molar refractivity (Wildman–Crippen MR) is 78.2 cm³/mol. The van der Waals surface area contributed by atoms with Crippen molar-refractivity contribution < 1.29 is 8.42 Å². The lowest BCUT2D eigenvalue weighted by Gasteiger charge is -2.09. The van der Waals surface area contributed by atoms with Crippen LogP contribution in [0.1, 0.15) is 0 Å². The van der Waals surface area contributed by atoms with Crippen LogP contribution in [0.3, 0.4) is 0 Å². The Morgan fingerprint density at radius 2 is 2.11 bits per heavy atom. The third-order valence-corrected chi connectivity index (χ3v) is 4.79. The van der Waals surface area contributed by atoms with Gasteiger partial charge in [-0.2, -0.15) is 13.5 Å². The summed E-state index contributed by atoms with van der Waals surface area (Å²) < 4.78 is 28.8. The maximum atomic E-state index is 12.1. The summed E-state index contributed by atoms with van der Waals surface area (Å²) in [6, 6.07) is 6.37. The zero-order chi connectivity index (χ0) is 13.3. The summed E-state index contributed by atoms with van der Waals surface area (Å²) in [7, 11) is -2.06. The zero-order valence-electron chi connectivity index (χ0n) is 9.26. The second-order valence-corrected chi connectivity index (χ2v) is 6.75. The molecule has 5 nitrogen and oxygen atoms in total. The van der Waals surface area contributed by atoms with E-state index in [4.69, 9.17) is 11.6 Å². The van der Waals surface area contributed by atoms with E-state index in [2.05, 4.69) is 9.82 Å². The molecule has 0 aliphatic heterocycles. The molecule has 0 saturated carbocycles. The summed E-state index contributed by atoms with van der Waals surface area (Å²) in [5, 5.41) is 4.50. The highest BCUT2D eigenvalue weighted by atomic mass is 127. The van der Waals surface area contributed by atoms with E-state index in [1.165, 1.54) is 16.9 Å². The van der Waals surface area contributed by atoms with Crippen LogP contribution < -0.4 is 4.72 Å². The van der Waals surface area contributed by atoms with Crippen molar-refractivity contribution in [3.8, 4) is 0 Å². The van der Waals surface area contributed by atoms with Crippen LogP contribution in [0.5, 0.6) is 0 Å². The predicted octanol–water partition coefficient (Wildman–Crippen LogP) is 2.48. The van der Waals surface area contributed by atoms with E-state index in [-0.39, 0.29) is 5.03 Å². The second-order valence-electron chi connectivity index (χ2n) is 3.52. The molecule has 0 saturated heterocycles. The molecular formula is C10H9ClIN3O2S. The highest BCUT2D eigenvalue weighted by molar-refractivity contribution is 14.1. The smallest absolute Gasteiger partial charge is 0.277 e. The first-order chi connectivity index (χ1) is 8.40. The maximum Gasteiger partial charge on any atom is 0.279 e. The molecule has 0 aliphatic rings. The molecule has 1 N–H and O–H groups in total. The van der Waals surface area contributed by atoms with Crippen LogP contribution in [0.25, 0.3) is 0 Å². The zero-order valence-corrected chi connectivity index (χ0v) is 13.0. The highest BCUT2D eigenvalue weighted by Gasteiger charge is 2.19. The molecule has 0 bridgehead atoms. The topological polar surface area (TPSA) is 64.0 Å². The van der Waals surface area contributed by atoms with E-state index in [0.717, 1.165) is 3.57 Å². The van der Waals surface area contributed by atoms with Crippen LogP contribution in [-0.4, -0.2) is 18.2 Å². The van der Waals surface area contributed by atoms with E-state index >= 15 is 0 Å². The van der Waals surface area contributed by atoms with Crippen molar-refractivity contribution in [1.29, 1.82) is 0 Å². The van der Waals surface area contributed by atoms with Crippen molar-refractivity contribution in [1.82, 2.24) is 9.78 Å². The van der Waals surface area contributed by atoms with Crippen molar-refractivity contribution in [2.24, 2.45) is 7.05 Å². The standard InChI is InChI=1S/C10H9ClIN3O2S/c1-15-10(4-5-13-15)18(16,17)14-9-3-2-7(11)6-8(9)12/h2-6,14H,1H3. The number of hydrogen-bond acceptors (Lipinski definition) is 3. The summed E-state index contributed by atoms with van der Waals surface area (Å²) in [4.78, 5) is 0. The lowest BCUT2D eigenvalue weighted by Crippen LogP contribution is -2.17. The molecule has 18 heavy (non-hydrogen) atoms. The van der Waals surface area contributed by atoms with Gasteiger partial charge in [-0.1, -0.05) is 11.6 Å². The fourth-order valence-electron chi connectivity index (χ4n) is 1.39. The van der Waals surface area contributed by atoms with Gasteiger partial charge < -0.3 is 0 Å². The average Bonchev–Trinajstić information content (AvgIpc) is 2.69. The van der Waals surface area contributed by atoms with Crippen molar-refractivity contribution in [2.45, 2.75) is 5.03 Å². The van der Waals surface area contributed by atoms with Crippen LogP contribution in [0.15, 0.2) is 35.5 Å². The molecule has 8 heteroatoms. The first-order valence-corrected chi connectivity index (χ1v) is 7.80. The molecule has 0 amide bonds. The first-order valence-electron chi connectivity index (χ1n) is 4.86. The number of nitrogens with zero attached hydrogens (tertiary/aromatic N) is 2. The van der Waals surface area contributed by atoms with Gasteiger partial charge in [0.25, 0.3) is 10.0 Å². The van der Waals surface area contributed by atoms with Gasteiger partial charge in [-0.3, -0.25) is 9.40 Å². The summed E-state index contributed by atoms with van der Waals surface area (Å²) in [6.07, 6.45) is 1.43. The monoisotopic (exact) mass is 397 g/mol. The molecular weight excluding hydrogens is 389 g/mol. The molecule has 2 aromatic rings. The summed E-state index contributed by atoms with van der Waals surface area (Å²) in [5.74, 6) is 0. The van der Waals surface area contributed by atoms with E-state index in [9.17, 15) is 8.42 Å². The number of rotatable bonds is 3. The number of aryl methyl sites for hydroxylation is 1. The third-order valence-electron chi connectivity index (χ3n) is 2.23. The first kappa shape index (κ1) is 13.6. The highest BCUT2D eigenvalue weighted by Crippen LogP contribution is 2.24. The van der Waals surface area contributed by atoms with Crippen LogP contribution >= 0.6 is 34.2 Å². The average molecular weight is 398 g/mol. The van der Waals surface area contributed by atoms with Gasteiger partial charge in [-0.05, 0) is 46.9 Å². The fraction of sp³-hybridized carbons (Fsp3) is 0.100. The summed E-state index contributed by atoms with van der Waals surface area (Å²) in [6.45, 7) is 0. The van der Waals surface area contributed by atoms with Gasteiger partial charge >= 0.3 is 0 Å². The SMILES string of the molecule is Cn1nccc1S(=O)(=O)Nc1ccc(Cl)cc1I. The van der Waals surface area contributed by atoms with E-state index in [1.54, 1.807) is 25.2 Å². The molecule has 0 radical (unpaired) electrons. The van der Waals surface area contributed by atoms with Crippen LogP contribution in [0.2, 0.25) is 5.02 Å². The van der Waals surface area contributed by atoms with Gasteiger partial charge in [0.05, 0.1) is 11.9 Å². The van der Waals surface area contributed by atoms with Crippen LogP contribution in [0, 0.1) is 3.57 Å². The minimum absolute atomic E-state index is 0.105. The minimum Gasteiger partial charge on any atom is -0.277 e. The van der Waals surface area contributed by atoms with Crippen molar-refractivity contribution in [2.75, 3.05) is 4.72 Å². The molecule has 0 aliphatic carbocycles. The number of hydrogen-bond donors (Lipinski definition) is 1. The van der Waals surface area contributed by atoms with Crippen molar-refractivity contribution >= 4 is 49.9 Å². The molecule has 0 spiro atoms. The Labute approximate surface area is 123 Å². The molecule has 96 valence electrons. The molecule has 1 aromatic heterocycles. The van der Waals surface area contributed by atoms with Gasteiger partial charge in [0.1, 0.15) is 0 Å². The second kappa shape index (κ2) is 5.06. The molecule has 1 aromatic carbocycles. The summed E-state index contributed by atoms with van der Waals surface area (Å²) in [5.41, 5.74) is 0.487. The third kappa shape index (κ3) is 2.78. The number of benzene rings is 1. The number of nitrogens with one attached hydrogen (secondary N) is 1. The number of sulfonamides is 1. The molecule has 2 rings (SSSR count). The lowest BCUT2D eigenvalue weighted by atomic mass is 10.3. The Hall–Kier alpha value is -0.800. The normalized spacial score (nSPS) is 11.5. The Morgan fingerprint density at radius 1 is 1.39 bits per heavy atom. The number of aromatic nitrogens is 2. The molecule has 0 fully saturated rings. The fourth-order valence-corrected chi connectivity index (χ4v) is 3.79. The lowest BCUT2D eigenvalue weighted by molar-refractivity contribution is 0.582. The van der Waals surface area contributed by atoms with E-state index in [0.29, 0.717) is 10.7 Å². The Balaban J connectivity index is 2.37. The van der Waals surface area contributed by atoms with Gasteiger partial charge in [0, 0.05) is 15.6 Å². The Kier molecular flexibility index (Phi) is 3.83. The molecule has 0 atom stereocenters. The van der Waals surface area contributed by atoms with Gasteiger partial charge in [-0.25, -0.2) is 0 Å². The number of anilines is 1. The van der Waals surface area contributed by atoms with Crippen molar-refractivity contribution in [3.63, 3.8) is 0 Å². The van der Waals surface area contributed by atoms with Gasteiger partial charge in [0.2, 0.25) is 0 Å². The van der Waals surface area contributed by atoms with Gasteiger partial charge in [0.15, 0.2) is 5.03 Å². The van der Waals surface area contributed by atoms with Crippen LogP contribution in [-0.2, 0) is 17.1 Å².